The highest BCUT2D eigenvalue weighted by molar-refractivity contribution is 9.08. The summed E-state index contributed by atoms with van der Waals surface area (Å²) in [7, 11) is -3.61. The Labute approximate surface area is 164 Å². The molecule has 146 valence electrons. The van der Waals surface area contributed by atoms with Crippen molar-refractivity contribution in [3.05, 3.63) is 29.8 Å². The molecule has 0 bridgehead atoms. The fourth-order valence-electron chi connectivity index (χ4n) is 2.93. The third-order valence-electron chi connectivity index (χ3n) is 4.11. The molecule has 1 aromatic rings. The van der Waals surface area contributed by atoms with E-state index in [0.29, 0.717) is 23.2 Å². The van der Waals surface area contributed by atoms with Crippen LogP contribution in [0.15, 0.2) is 29.2 Å². The van der Waals surface area contributed by atoms with Crippen LogP contribution in [0.2, 0.25) is 0 Å². The molecule has 1 amide bonds. The summed E-state index contributed by atoms with van der Waals surface area (Å²) in [5.74, 6) is 0. The lowest BCUT2D eigenvalue weighted by Gasteiger charge is -2.35. The van der Waals surface area contributed by atoms with Crippen molar-refractivity contribution in [2.75, 3.05) is 13.1 Å². The second-order valence-electron chi connectivity index (χ2n) is 7.43. The van der Waals surface area contributed by atoms with E-state index in [9.17, 15) is 13.2 Å². The number of ether oxygens (including phenoxy) is 1. The summed E-state index contributed by atoms with van der Waals surface area (Å²) in [6.07, 6.45) is 1.95. The zero-order valence-corrected chi connectivity index (χ0v) is 17.9. The van der Waals surface area contributed by atoms with E-state index in [1.807, 2.05) is 6.07 Å². The lowest BCUT2D eigenvalue weighted by atomic mass is 10.1. The number of alkyl halides is 1. The third kappa shape index (κ3) is 5.69. The molecule has 1 atom stereocenters. The maximum absolute atomic E-state index is 13.1. The van der Waals surface area contributed by atoms with Gasteiger partial charge in [0.05, 0.1) is 4.90 Å². The molecule has 6 nitrogen and oxygen atoms in total. The van der Waals surface area contributed by atoms with E-state index in [1.54, 1.807) is 39.0 Å². The van der Waals surface area contributed by atoms with Gasteiger partial charge in [0.2, 0.25) is 10.0 Å². The quantitative estimate of drug-likeness (QED) is 0.700. The Hall–Kier alpha value is -1.12. The van der Waals surface area contributed by atoms with Crippen LogP contribution in [0.3, 0.4) is 0 Å². The number of rotatable bonds is 5. The summed E-state index contributed by atoms with van der Waals surface area (Å²) in [5.41, 5.74) is 0.324. The summed E-state index contributed by atoms with van der Waals surface area (Å²) >= 11 is 3.36. The summed E-state index contributed by atoms with van der Waals surface area (Å²) in [5, 5.41) is 3.31. The lowest BCUT2D eigenvalue weighted by molar-refractivity contribution is 0.0512. The van der Waals surface area contributed by atoms with Gasteiger partial charge >= 0.3 is 6.09 Å². The van der Waals surface area contributed by atoms with E-state index in [0.717, 1.165) is 18.4 Å². The van der Waals surface area contributed by atoms with Crippen LogP contribution in [-0.2, 0) is 20.1 Å². The molecule has 1 saturated heterocycles. The topological polar surface area (TPSA) is 75.7 Å². The number of sulfonamides is 1. The molecule has 1 fully saturated rings. The Bertz CT molecular complexity index is 731. The SMILES string of the molecule is CC(C)(C)OC(=O)NCC1CCCCN1S(=O)(=O)c1cccc(CBr)c1. The van der Waals surface area contributed by atoms with Crippen LogP contribution in [0.4, 0.5) is 4.79 Å². The highest BCUT2D eigenvalue weighted by Gasteiger charge is 2.34. The van der Waals surface area contributed by atoms with Gasteiger partial charge in [-0.1, -0.05) is 34.5 Å². The third-order valence-corrected chi connectivity index (χ3v) is 6.71. The number of amides is 1. The van der Waals surface area contributed by atoms with Gasteiger partial charge in [0.25, 0.3) is 0 Å². The zero-order chi connectivity index (χ0) is 19.4. The summed E-state index contributed by atoms with van der Waals surface area (Å²) in [4.78, 5) is 12.2. The average molecular weight is 447 g/mol. The molecular weight excluding hydrogens is 420 g/mol. The van der Waals surface area contributed by atoms with Gasteiger partial charge in [-0.05, 0) is 51.3 Å². The van der Waals surface area contributed by atoms with Gasteiger partial charge in [-0.25, -0.2) is 13.2 Å². The van der Waals surface area contributed by atoms with Gasteiger partial charge in [-0.3, -0.25) is 0 Å². The Kier molecular flexibility index (Phi) is 7.10. The summed E-state index contributed by atoms with van der Waals surface area (Å²) in [6.45, 7) is 6.08. The van der Waals surface area contributed by atoms with Crippen molar-refractivity contribution in [3.8, 4) is 0 Å². The normalized spacial score (nSPS) is 19.2. The van der Waals surface area contributed by atoms with Crippen molar-refractivity contribution < 1.29 is 17.9 Å². The number of benzene rings is 1. The summed E-state index contributed by atoms with van der Waals surface area (Å²) < 4.78 is 33.0. The molecule has 0 aromatic heterocycles. The number of alkyl carbamates (subject to hydrolysis) is 1. The molecule has 1 heterocycles. The first-order valence-electron chi connectivity index (χ1n) is 8.77. The van der Waals surface area contributed by atoms with E-state index in [4.69, 9.17) is 4.74 Å². The number of carbonyl (C=O) groups excluding carboxylic acids is 1. The molecule has 0 spiro atoms. The lowest BCUT2D eigenvalue weighted by Crippen LogP contribution is -2.49. The number of nitrogens with zero attached hydrogens (tertiary/aromatic N) is 1. The van der Waals surface area contributed by atoms with Crippen LogP contribution in [0.25, 0.3) is 0 Å². The van der Waals surface area contributed by atoms with Gasteiger partial charge in [0.15, 0.2) is 0 Å². The van der Waals surface area contributed by atoms with Gasteiger partial charge in [-0.2, -0.15) is 4.31 Å². The van der Waals surface area contributed by atoms with Crippen LogP contribution in [0.1, 0.15) is 45.6 Å². The number of carbonyl (C=O) groups is 1. The molecule has 1 unspecified atom stereocenters. The van der Waals surface area contributed by atoms with Crippen LogP contribution in [0, 0.1) is 0 Å². The number of piperidine rings is 1. The Morgan fingerprint density at radius 1 is 1.35 bits per heavy atom. The second-order valence-corrected chi connectivity index (χ2v) is 9.88. The van der Waals surface area contributed by atoms with Crippen LogP contribution in [0.5, 0.6) is 0 Å². The smallest absolute Gasteiger partial charge is 0.407 e. The first-order chi connectivity index (χ1) is 12.1. The minimum Gasteiger partial charge on any atom is -0.444 e. The predicted octanol–water partition coefficient (Wildman–Crippen LogP) is 3.65. The molecule has 0 aliphatic carbocycles. The van der Waals surface area contributed by atoms with Crippen molar-refractivity contribution in [3.63, 3.8) is 0 Å². The van der Waals surface area contributed by atoms with Gasteiger partial charge < -0.3 is 10.1 Å². The maximum Gasteiger partial charge on any atom is 0.407 e. The van der Waals surface area contributed by atoms with Gasteiger partial charge in [0.1, 0.15) is 5.60 Å². The molecule has 26 heavy (non-hydrogen) atoms. The fourth-order valence-corrected chi connectivity index (χ4v) is 5.05. The van der Waals surface area contributed by atoms with E-state index >= 15 is 0 Å². The molecule has 1 aliphatic heterocycles. The number of halogens is 1. The molecule has 1 aliphatic rings. The molecular formula is C18H27BrN2O4S. The van der Waals surface area contributed by atoms with E-state index < -0.39 is 21.7 Å². The number of hydrogen-bond donors (Lipinski definition) is 1. The summed E-state index contributed by atoms with van der Waals surface area (Å²) in [6, 6.07) is 6.67. The average Bonchev–Trinajstić information content (AvgIpc) is 2.58. The van der Waals surface area contributed by atoms with E-state index in [-0.39, 0.29) is 12.6 Å². The van der Waals surface area contributed by atoms with Crippen LogP contribution < -0.4 is 5.32 Å². The highest BCUT2D eigenvalue weighted by atomic mass is 79.9. The maximum atomic E-state index is 13.1. The zero-order valence-electron chi connectivity index (χ0n) is 15.5. The Morgan fingerprint density at radius 2 is 2.08 bits per heavy atom. The first kappa shape index (κ1) is 21.2. The van der Waals surface area contributed by atoms with Crippen molar-refractivity contribution in [2.45, 2.75) is 61.9 Å². The number of hydrogen-bond acceptors (Lipinski definition) is 4. The predicted molar refractivity (Wildman–Crippen MR) is 105 cm³/mol. The minimum absolute atomic E-state index is 0.242. The number of nitrogens with one attached hydrogen (secondary N) is 1. The Balaban J connectivity index is 2.13. The molecule has 8 heteroatoms. The van der Waals surface area contributed by atoms with Crippen LogP contribution in [-0.4, -0.2) is 43.5 Å². The minimum atomic E-state index is -3.61. The fraction of sp³-hybridized carbons (Fsp3) is 0.611. The highest BCUT2D eigenvalue weighted by Crippen LogP contribution is 2.26. The Morgan fingerprint density at radius 3 is 2.73 bits per heavy atom. The molecule has 2 rings (SSSR count). The molecule has 1 aromatic carbocycles. The molecule has 0 saturated carbocycles. The van der Waals surface area contributed by atoms with Crippen molar-refractivity contribution in [2.24, 2.45) is 0 Å². The van der Waals surface area contributed by atoms with Crippen molar-refractivity contribution in [1.29, 1.82) is 0 Å². The second kappa shape index (κ2) is 8.71. The molecule has 0 radical (unpaired) electrons. The molecule has 1 N–H and O–H groups in total. The van der Waals surface area contributed by atoms with Gasteiger partial charge in [0, 0.05) is 24.5 Å². The van der Waals surface area contributed by atoms with E-state index in [2.05, 4.69) is 21.2 Å². The largest absolute Gasteiger partial charge is 0.444 e. The first-order valence-corrected chi connectivity index (χ1v) is 11.3. The monoisotopic (exact) mass is 446 g/mol. The standard InChI is InChI=1S/C18H27BrN2O4S/c1-18(2,3)25-17(22)20-13-15-8-4-5-10-21(15)26(23,24)16-9-6-7-14(11-16)12-19/h6-7,9,11,15H,4-5,8,10,12-13H2,1-3H3,(H,20,22). The van der Waals surface area contributed by atoms with E-state index in [1.165, 1.54) is 4.31 Å². The van der Waals surface area contributed by atoms with Crippen LogP contribution >= 0.6 is 15.9 Å². The van der Waals surface area contributed by atoms with Gasteiger partial charge in [-0.15, -0.1) is 0 Å². The van der Waals surface area contributed by atoms with Crippen molar-refractivity contribution in [1.82, 2.24) is 9.62 Å². The van der Waals surface area contributed by atoms with Crippen molar-refractivity contribution >= 4 is 32.0 Å².